The lowest BCUT2D eigenvalue weighted by atomic mass is 10.0. The minimum absolute atomic E-state index is 0.0407. The summed E-state index contributed by atoms with van der Waals surface area (Å²) in [4.78, 5) is 12.0. The molecule has 0 saturated heterocycles. The van der Waals surface area contributed by atoms with Gasteiger partial charge in [0.15, 0.2) is 11.5 Å². The molecule has 0 radical (unpaired) electrons. The van der Waals surface area contributed by atoms with Crippen LogP contribution >= 0.6 is 0 Å². The summed E-state index contributed by atoms with van der Waals surface area (Å²) in [7, 11) is 0. The number of nitrogens with two attached hydrogens (primary N) is 1. The fraction of sp³-hybridized carbons (Fsp3) is 0.500. The van der Waals surface area contributed by atoms with Crippen molar-refractivity contribution in [3.05, 3.63) is 18.2 Å². The van der Waals surface area contributed by atoms with Crippen molar-refractivity contribution in [3.8, 4) is 11.5 Å². The Bertz CT molecular complexity index is 448. The van der Waals surface area contributed by atoms with Gasteiger partial charge in [-0.25, -0.2) is 0 Å². The van der Waals surface area contributed by atoms with Crippen LogP contribution in [0.4, 0.5) is 5.69 Å². The van der Waals surface area contributed by atoms with Crippen molar-refractivity contribution < 1.29 is 14.3 Å². The second kappa shape index (κ2) is 6.43. The SMILES string of the molecule is CCCC(CN)C(=O)Nc1ccc2c(c1)OCCO2. The molecule has 0 bridgehead atoms. The van der Waals surface area contributed by atoms with E-state index in [-0.39, 0.29) is 11.8 Å². The lowest BCUT2D eigenvalue weighted by molar-refractivity contribution is -0.119. The highest BCUT2D eigenvalue weighted by molar-refractivity contribution is 5.93. The molecule has 5 nitrogen and oxygen atoms in total. The Morgan fingerprint density at radius 3 is 2.79 bits per heavy atom. The number of fused-ring (bicyclic) bond motifs is 1. The first-order valence-electron chi connectivity index (χ1n) is 6.65. The molecule has 19 heavy (non-hydrogen) atoms. The van der Waals surface area contributed by atoms with E-state index in [0.29, 0.717) is 36.9 Å². The number of ether oxygens (including phenoxy) is 2. The number of benzene rings is 1. The molecule has 0 aliphatic carbocycles. The molecule has 0 spiro atoms. The summed E-state index contributed by atoms with van der Waals surface area (Å²) in [6, 6.07) is 5.40. The minimum atomic E-state index is -0.141. The molecular weight excluding hydrogens is 244 g/mol. The highest BCUT2D eigenvalue weighted by atomic mass is 16.6. The zero-order chi connectivity index (χ0) is 13.7. The van der Waals surface area contributed by atoms with Crippen LogP contribution < -0.4 is 20.5 Å². The number of nitrogens with one attached hydrogen (secondary N) is 1. The van der Waals surface area contributed by atoms with Crippen LogP contribution in [0.2, 0.25) is 0 Å². The van der Waals surface area contributed by atoms with Gasteiger partial charge in [0.1, 0.15) is 13.2 Å². The van der Waals surface area contributed by atoms with E-state index in [0.717, 1.165) is 12.8 Å². The van der Waals surface area contributed by atoms with Crippen molar-refractivity contribution in [2.45, 2.75) is 19.8 Å². The van der Waals surface area contributed by atoms with Gasteiger partial charge in [-0.3, -0.25) is 4.79 Å². The van der Waals surface area contributed by atoms with E-state index in [4.69, 9.17) is 15.2 Å². The molecule has 3 N–H and O–H groups in total. The number of amides is 1. The Balaban J connectivity index is 2.04. The van der Waals surface area contributed by atoms with Gasteiger partial charge < -0.3 is 20.5 Å². The molecule has 1 aliphatic heterocycles. The molecule has 1 unspecified atom stereocenters. The maximum Gasteiger partial charge on any atom is 0.228 e. The quantitative estimate of drug-likeness (QED) is 0.850. The number of rotatable bonds is 5. The van der Waals surface area contributed by atoms with E-state index in [1.165, 1.54) is 0 Å². The van der Waals surface area contributed by atoms with E-state index >= 15 is 0 Å². The van der Waals surface area contributed by atoms with Crippen LogP contribution in [0.25, 0.3) is 0 Å². The number of carbonyl (C=O) groups excluding carboxylic acids is 1. The lowest BCUT2D eigenvalue weighted by Gasteiger charge is -2.19. The highest BCUT2D eigenvalue weighted by Gasteiger charge is 2.17. The molecule has 0 aromatic heterocycles. The minimum Gasteiger partial charge on any atom is -0.486 e. The van der Waals surface area contributed by atoms with E-state index in [2.05, 4.69) is 5.32 Å². The average molecular weight is 264 g/mol. The van der Waals surface area contributed by atoms with Crippen molar-refractivity contribution in [2.75, 3.05) is 25.1 Å². The van der Waals surface area contributed by atoms with Crippen molar-refractivity contribution in [2.24, 2.45) is 11.7 Å². The summed E-state index contributed by atoms with van der Waals surface area (Å²) >= 11 is 0. The van der Waals surface area contributed by atoms with Gasteiger partial charge in [-0.1, -0.05) is 13.3 Å². The summed E-state index contributed by atoms with van der Waals surface area (Å²) in [6.07, 6.45) is 1.74. The third-order valence-corrected chi connectivity index (χ3v) is 3.10. The van der Waals surface area contributed by atoms with Crippen LogP contribution in [0.3, 0.4) is 0 Å². The fourth-order valence-electron chi connectivity index (χ4n) is 2.07. The Hall–Kier alpha value is -1.75. The average Bonchev–Trinajstić information content (AvgIpc) is 2.44. The van der Waals surface area contributed by atoms with Gasteiger partial charge in [-0.2, -0.15) is 0 Å². The van der Waals surface area contributed by atoms with Crippen molar-refractivity contribution in [1.82, 2.24) is 0 Å². The van der Waals surface area contributed by atoms with Crippen molar-refractivity contribution in [1.29, 1.82) is 0 Å². The van der Waals surface area contributed by atoms with Gasteiger partial charge in [0, 0.05) is 18.3 Å². The summed E-state index contributed by atoms with van der Waals surface area (Å²) in [6.45, 7) is 3.50. The summed E-state index contributed by atoms with van der Waals surface area (Å²) < 4.78 is 10.9. The Labute approximate surface area is 113 Å². The molecule has 1 aliphatic rings. The maximum absolute atomic E-state index is 12.0. The van der Waals surface area contributed by atoms with Crippen molar-refractivity contribution in [3.63, 3.8) is 0 Å². The van der Waals surface area contributed by atoms with E-state index in [1.54, 1.807) is 12.1 Å². The fourth-order valence-corrected chi connectivity index (χ4v) is 2.07. The zero-order valence-electron chi connectivity index (χ0n) is 11.1. The molecule has 1 aromatic rings. The van der Waals surface area contributed by atoms with Gasteiger partial charge in [0.25, 0.3) is 0 Å². The molecular formula is C14H20N2O3. The molecule has 104 valence electrons. The summed E-state index contributed by atoms with van der Waals surface area (Å²) in [5, 5.41) is 2.87. The maximum atomic E-state index is 12.0. The molecule has 1 heterocycles. The van der Waals surface area contributed by atoms with E-state index in [9.17, 15) is 4.79 Å². The third kappa shape index (κ3) is 3.38. The zero-order valence-corrected chi connectivity index (χ0v) is 11.1. The first kappa shape index (κ1) is 13.7. The molecule has 1 aromatic carbocycles. The second-order valence-electron chi connectivity index (χ2n) is 4.57. The molecule has 0 fully saturated rings. The molecule has 5 heteroatoms. The molecule has 0 saturated carbocycles. The first-order chi connectivity index (χ1) is 9.24. The van der Waals surface area contributed by atoms with Gasteiger partial charge in [-0.05, 0) is 18.6 Å². The van der Waals surface area contributed by atoms with Gasteiger partial charge in [0.05, 0.1) is 5.92 Å². The smallest absolute Gasteiger partial charge is 0.228 e. The van der Waals surface area contributed by atoms with E-state index < -0.39 is 0 Å². The molecule has 2 rings (SSSR count). The van der Waals surface area contributed by atoms with Crippen molar-refractivity contribution >= 4 is 11.6 Å². The largest absolute Gasteiger partial charge is 0.486 e. The standard InChI is InChI=1S/C14H20N2O3/c1-2-3-10(9-15)14(17)16-11-4-5-12-13(8-11)19-7-6-18-12/h4-5,8,10H,2-3,6-7,9,15H2,1H3,(H,16,17). The van der Waals surface area contributed by atoms with Crippen LogP contribution in [0.15, 0.2) is 18.2 Å². The normalized spacial score (nSPS) is 14.8. The molecule has 1 amide bonds. The lowest BCUT2D eigenvalue weighted by Crippen LogP contribution is -2.29. The van der Waals surface area contributed by atoms with Crippen LogP contribution in [0, 0.1) is 5.92 Å². The third-order valence-electron chi connectivity index (χ3n) is 3.10. The Morgan fingerprint density at radius 1 is 1.37 bits per heavy atom. The topological polar surface area (TPSA) is 73.6 Å². The first-order valence-corrected chi connectivity index (χ1v) is 6.65. The molecule has 1 atom stereocenters. The predicted molar refractivity (Wildman–Crippen MR) is 73.5 cm³/mol. The Morgan fingerprint density at radius 2 is 2.11 bits per heavy atom. The van der Waals surface area contributed by atoms with Gasteiger partial charge >= 0.3 is 0 Å². The van der Waals surface area contributed by atoms with Crippen LogP contribution in [-0.2, 0) is 4.79 Å². The summed E-state index contributed by atoms with van der Waals surface area (Å²) in [5.41, 5.74) is 6.33. The number of anilines is 1. The van der Waals surface area contributed by atoms with E-state index in [1.807, 2.05) is 13.0 Å². The monoisotopic (exact) mass is 264 g/mol. The predicted octanol–water partition coefficient (Wildman–Crippen LogP) is 1.77. The van der Waals surface area contributed by atoms with Gasteiger partial charge in [-0.15, -0.1) is 0 Å². The summed E-state index contributed by atoms with van der Waals surface area (Å²) in [5.74, 6) is 1.20. The highest BCUT2D eigenvalue weighted by Crippen LogP contribution is 2.32. The van der Waals surface area contributed by atoms with Crippen LogP contribution in [0.1, 0.15) is 19.8 Å². The Kier molecular flexibility index (Phi) is 4.63. The second-order valence-corrected chi connectivity index (χ2v) is 4.57. The van der Waals surface area contributed by atoms with Crippen LogP contribution in [0.5, 0.6) is 11.5 Å². The number of carbonyl (C=O) groups is 1. The van der Waals surface area contributed by atoms with Crippen LogP contribution in [-0.4, -0.2) is 25.7 Å². The number of hydrogen-bond donors (Lipinski definition) is 2. The van der Waals surface area contributed by atoms with Gasteiger partial charge in [0.2, 0.25) is 5.91 Å². The number of hydrogen-bond acceptors (Lipinski definition) is 4.